The average molecular weight is 287 g/mol. The Morgan fingerprint density at radius 2 is 2.25 bits per heavy atom. The van der Waals surface area contributed by atoms with Gasteiger partial charge in [-0.25, -0.2) is 0 Å². The minimum absolute atomic E-state index is 0.375. The smallest absolute Gasteiger partial charge is 0.0600 e. The van der Waals surface area contributed by atoms with Gasteiger partial charge in [0, 0.05) is 32.6 Å². The second kappa shape index (κ2) is 6.99. The Bertz CT molecular complexity index is 320. The number of hydrogen-bond acceptors (Lipinski definition) is 3. The molecule has 0 amide bonds. The lowest BCUT2D eigenvalue weighted by Gasteiger charge is -2.19. The van der Waals surface area contributed by atoms with E-state index in [1.165, 1.54) is 11.1 Å². The van der Waals surface area contributed by atoms with Gasteiger partial charge in [-0.1, -0.05) is 22.0 Å². The van der Waals surface area contributed by atoms with Crippen molar-refractivity contribution in [2.75, 3.05) is 27.3 Å². The van der Waals surface area contributed by atoms with E-state index in [0.29, 0.717) is 4.83 Å². The molecule has 1 unspecified atom stereocenters. The van der Waals surface area contributed by atoms with Gasteiger partial charge in [0.25, 0.3) is 0 Å². The zero-order chi connectivity index (χ0) is 12.0. The van der Waals surface area contributed by atoms with E-state index in [0.717, 1.165) is 19.7 Å². The van der Waals surface area contributed by atoms with E-state index < -0.39 is 0 Å². The first-order valence-electron chi connectivity index (χ1n) is 5.34. The number of halogens is 1. The molecular weight excluding hydrogens is 268 g/mol. The fourth-order valence-corrected chi connectivity index (χ4v) is 2.41. The summed E-state index contributed by atoms with van der Waals surface area (Å²) in [4.78, 5) is 6.82. The Morgan fingerprint density at radius 1 is 1.50 bits per heavy atom. The quantitative estimate of drug-likeness (QED) is 0.750. The van der Waals surface area contributed by atoms with E-state index >= 15 is 0 Å². The van der Waals surface area contributed by atoms with Crippen LogP contribution in [-0.2, 0) is 11.3 Å². The zero-order valence-electron chi connectivity index (χ0n) is 10.1. The standard InChI is InChI=1S/C12H19BrN2O/c1-10-4-11(6-14-5-10)7-15(2)8-12(13)9-16-3/h4-6,12H,7-9H2,1-3H3. The molecule has 3 nitrogen and oxygen atoms in total. The minimum atomic E-state index is 0.375. The number of alkyl halides is 1. The van der Waals surface area contributed by atoms with E-state index in [1.54, 1.807) is 7.11 Å². The van der Waals surface area contributed by atoms with Gasteiger partial charge in [0.1, 0.15) is 0 Å². The molecule has 0 spiro atoms. The molecule has 1 rings (SSSR count). The van der Waals surface area contributed by atoms with E-state index in [9.17, 15) is 0 Å². The predicted octanol–water partition coefficient (Wildman–Crippen LogP) is 2.23. The van der Waals surface area contributed by atoms with E-state index in [1.807, 2.05) is 12.4 Å². The molecular formula is C12H19BrN2O. The van der Waals surface area contributed by atoms with Gasteiger partial charge < -0.3 is 9.64 Å². The highest BCUT2D eigenvalue weighted by Crippen LogP contribution is 2.07. The fourth-order valence-electron chi connectivity index (χ4n) is 1.65. The van der Waals surface area contributed by atoms with Crippen LogP contribution in [-0.4, -0.2) is 42.0 Å². The van der Waals surface area contributed by atoms with Crippen molar-refractivity contribution in [1.29, 1.82) is 0 Å². The van der Waals surface area contributed by atoms with Gasteiger partial charge in [0.15, 0.2) is 0 Å². The highest BCUT2D eigenvalue weighted by molar-refractivity contribution is 9.09. The average Bonchev–Trinajstić information content (AvgIpc) is 2.17. The van der Waals surface area contributed by atoms with E-state index in [-0.39, 0.29) is 0 Å². The third-order valence-corrected chi connectivity index (χ3v) is 2.80. The van der Waals surface area contributed by atoms with Gasteiger partial charge in [0.2, 0.25) is 0 Å². The van der Waals surface area contributed by atoms with Crippen LogP contribution in [0.15, 0.2) is 18.5 Å². The van der Waals surface area contributed by atoms with Crippen molar-refractivity contribution < 1.29 is 4.74 Å². The predicted molar refractivity (Wildman–Crippen MR) is 69.9 cm³/mol. The van der Waals surface area contributed by atoms with Gasteiger partial charge in [-0.3, -0.25) is 4.98 Å². The SMILES string of the molecule is COCC(Br)CN(C)Cc1cncc(C)c1. The van der Waals surface area contributed by atoms with Crippen molar-refractivity contribution in [3.8, 4) is 0 Å². The molecule has 4 heteroatoms. The summed E-state index contributed by atoms with van der Waals surface area (Å²) < 4.78 is 5.09. The topological polar surface area (TPSA) is 25.4 Å². The number of ether oxygens (including phenoxy) is 1. The van der Waals surface area contributed by atoms with Gasteiger partial charge in [-0.2, -0.15) is 0 Å². The molecule has 0 radical (unpaired) electrons. The molecule has 0 aliphatic heterocycles. The Labute approximate surface area is 106 Å². The number of hydrogen-bond donors (Lipinski definition) is 0. The van der Waals surface area contributed by atoms with Crippen molar-refractivity contribution in [2.24, 2.45) is 0 Å². The third-order valence-electron chi connectivity index (χ3n) is 2.24. The van der Waals surface area contributed by atoms with Crippen LogP contribution >= 0.6 is 15.9 Å². The summed E-state index contributed by atoms with van der Waals surface area (Å²) >= 11 is 3.58. The molecule has 1 heterocycles. The van der Waals surface area contributed by atoms with Gasteiger partial charge in [-0.05, 0) is 25.1 Å². The highest BCUT2D eigenvalue weighted by Gasteiger charge is 2.08. The summed E-state index contributed by atoms with van der Waals surface area (Å²) in [7, 11) is 3.82. The van der Waals surface area contributed by atoms with E-state index in [2.05, 4.69) is 45.9 Å². The van der Waals surface area contributed by atoms with E-state index in [4.69, 9.17) is 4.74 Å². The second-order valence-corrected chi connectivity index (χ2v) is 5.41. The molecule has 0 saturated heterocycles. The number of pyridine rings is 1. The van der Waals surface area contributed by atoms with Crippen molar-refractivity contribution in [2.45, 2.75) is 18.3 Å². The number of methoxy groups -OCH3 is 1. The van der Waals surface area contributed by atoms with Crippen molar-refractivity contribution >= 4 is 15.9 Å². The van der Waals surface area contributed by atoms with Gasteiger partial charge in [-0.15, -0.1) is 0 Å². The maximum atomic E-state index is 5.09. The highest BCUT2D eigenvalue weighted by atomic mass is 79.9. The fraction of sp³-hybridized carbons (Fsp3) is 0.583. The summed E-state index contributed by atoms with van der Waals surface area (Å²) in [6.07, 6.45) is 3.80. The monoisotopic (exact) mass is 286 g/mol. The normalized spacial score (nSPS) is 13.1. The van der Waals surface area contributed by atoms with Crippen molar-refractivity contribution in [1.82, 2.24) is 9.88 Å². The number of rotatable bonds is 6. The summed E-state index contributed by atoms with van der Waals surface area (Å²) in [6, 6.07) is 2.17. The Balaban J connectivity index is 2.42. The molecule has 0 aromatic carbocycles. The van der Waals surface area contributed by atoms with Crippen LogP contribution in [0.25, 0.3) is 0 Å². The van der Waals surface area contributed by atoms with Crippen LogP contribution in [0.4, 0.5) is 0 Å². The molecule has 0 saturated carbocycles. The zero-order valence-corrected chi connectivity index (χ0v) is 11.7. The van der Waals surface area contributed by atoms with Crippen LogP contribution in [0.5, 0.6) is 0 Å². The van der Waals surface area contributed by atoms with Crippen LogP contribution in [0.1, 0.15) is 11.1 Å². The molecule has 1 aromatic heterocycles. The van der Waals surface area contributed by atoms with Crippen LogP contribution in [0, 0.1) is 6.92 Å². The van der Waals surface area contributed by atoms with Crippen molar-refractivity contribution in [3.05, 3.63) is 29.6 Å². The van der Waals surface area contributed by atoms with Crippen LogP contribution in [0.3, 0.4) is 0 Å². The first kappa shape index (κ1) is 13.6. The Hall–Kier alpha value is -0.450. The maximum absolute atomic E-state index is 5.09. The molecule has 0 fully saturated rings. The molecule has 0 N–H and O–H groups in total. The first-order chi connectivity index (χ1) is 7.61. The molecule has 0 bridgehead atoms. The molecule has 0 aliphatic rings. The lowest BCUT2D eigenvalue weighted by Crippen LogP contribution is -2.28. The molecule has 90 valence electrons. The Morgan fingerprint density at radius 3 is 2.88 bits per heavy atom. The third kappa shape index (κ3) is 5.05. The van der Waals surface area contributed by atoms with Crippen LogP contribution in [0.2, 0.25) is 0 Å². The van der Waals surface area contributed by atoms with Gasteiger partial charge >= 0.3 is 0 Å². The summed E-state index contributed by atoms with van der Waals surface area (Å²) in [6.45, 7) is 4.67. The second-order valence-electron chi connectivity index (χ2n) is 4.12. The number of nitrogens with zero attached hydrogens (tertiary/aromatic N) is 2. The molecule has 1 atom stereocenters. The largest absolute Gasteiger partial charge is 0.383 e. The summed E-state index contributed by atoms with van der Waals surface area (Å²) in [5.41, 5.74) is 2.46. The molecule has 1 aromatic rings. The summed E-state index contributed by atoms with van der Waals surface area (Å²) in [5, 5.41) is 0. The maximum Gasteiger partial charge on any atom is 0.0600 e. The minimum Gasteiger partial charge on any atom is -0.383 e. The van der Waals surface area contributed by atoms with Gasteiger partial charge in [0.05, 0.1) is 11.4 Å². The number of aromatic nitrogens is 1. The lowest BCUT2D eigenvalue weighted by atomic mass is 10.2. The molecule has 16 heavy (non-hydrogen) atoms. The summed E-state index contributed by atoms with van der Waals surface area (Å²) in [5.74, 6) is 0. The van der Waals surface area contributed by atoms with Crippen LogP contribution < -0.4 is 0 Å². The Kier molecular flexibility index (Phi) is 5.95. The lowest BCUT2D eigenvalue weighted by molar-refractivity contribution is 0.185. The number of aryl methyl sites for hydroxylation is 1. The molecule has 0 aliphatic carbocycles. The van der Waals surface area contributed by atoms with Crippen molar-refractivity contribution in [3.63, 3.8) is 0 Å². The first-order valence-corrected chi connectivity index (χ1v) is 6.25.